The van der Waals surface area contributed by atoms with E-state index in [0.717, 1.165) is 0 Å². The van der Waals surface area contributed by atoms with Crippen LogP contribution < -0.4 is 10.6 Å². The summed E-state index contributed by atoms with van der Waals surface area (Å²) in [5, 5.41) is 31.1. The number of nitrogens with zero attached hydrogens (tertiary/aromatic N) is 7. The fraction of sp³-hybridized carbons (Fsp3) is 0.174. The highest BCUT2D eigenvalue weighted by molar-refractivity contribution is 6.32. The molecule has 2 amide bonds. The molecule has 0 radical (unpaired) electrons. The quantitative estimate of drug-likeness (QED) is 0.423. The normalized spacial score (nSPS) is 10.6. The van der Waals surface area contributed by atoms with Crippen molar-refractivity contribution in [3.05, 3.63) is 81.4 Å². The summed E-state index contributed by atoms with van der Waals surface area (Å²) in [6.07, 6.45) is 0. The first-order valence-electron chi connectivity index (χ1n) is 10.5. The van der Waals surface area contributed by atoms with Gasteiger partial charge in [0.15, 0.2) is 0 Å². The molecule has 0 aliphatic heterocycles. The zero-order valence-corrected chi connectivity index (χ0v) is 19.8. The summed E-state index contributed by atoms with van der Waals surface area (Å²) in [4.78, 5) is 26.0. The third-order valence-electron chi connectivity index (χ3n) is 5.27. The average molecular weight is 490 g/mol. The van der Waals surface area contributed by atoms with Crippen molar-refractivity contribution >= 4 is 29.1 Å². The first-order valence-corrected chi connectivity index (χ1v) is 10.8. The number of nitrogens with one attached hydrogen (secondary N) is 2. The van der Waals surface area contributed by atoms with Crippen molar-refractivity contribution in [2.75, 3.05) is 12.4 Å². The van der Waals surface area contributed by atoms with Crippen molar-refractivity contribution in [1.82, 2.24) is 35.3 Å². The minimum atomic E-state index is -0.518. The number of aromatic nitrogens is 6. The molecule has 0 saturated heterocycles. The maximum Gasteiger partial charge on any atom is 0.274 e. The molecule has 4 aromatic rings. The summed E-state index contributed by atoms with van der Waals surface area (Å²) < 4.78 is 2.99. The maximum absolute atomic E-state index is 13.5. The number of nitriles is 1. The highest BCUT2D eigenvalue weighted by Crippen LogP contribution is 2.26. The molecule has 0 aliphatic carbocycles. The molecule has 11 nitrogen and oxygen atoms in total. The van der Waals surface area contributed by atoms with E-state index in [2.05, 4.69) is 31.3 Å². The van der Waals surface area contributed by atoms with Crippen LogP contribution >= 0.6 is 11.6 Å². The number of carbonyl (C=O) groups is 2. The van der Waals surface area contributed by atoms with Crippen molar-refractivity contribution in [1.29, 1.82) is 5.26 Å². The molecule has 2 aromatic heterocycles. The number of carbonyl (C=O) groups excluding carboxylic acids is 2. The highest BCUT2D eigenvalue weighted by atomic mass is 35.5. The van der Waals surface area contributed by atoms with Crippen molar-refractivity contribution in [2.45, 2.75) is 20.4 Å². The van der Waals surface area contributed by atoms with Crippen LogP contribution in [0.1, 0.15) is 43.5 Å². The number of hydrogen-bond acceptors (Lipinski definition) is 7. The predicted molar refractivity (Wildman–Crippen MR) is 127 cm³/mol. The number of hydrogen-bond donors (Lipinski definition) is 2. The Morgan fingerprint density at radius 2 is 1.91 bits per heavy atom. The number of rotatable bonds is 6. The summed E-state index contributed by atoms with van der Waals surface area (Å²) in [6.45, 7) is 3.70. The lowest BCUT2D eigenvalue weighted by atomic mass is 10.0. The monoisotopic (exact) mass is 489 g/mol. The molecule has 0 aliphatic rings. The fourth-order valence-corrected chi connectivity index (χ4v) is 3.75. The molecule has 12 heteroatoms. The Morgan fingerprint density at radius 1 is 1.14 bits per heavy atom. The third-order valence-corrected chi connectivity index (χ3v) is 5.59. The lowest BCUT2D eigenvalue weighted by Gasteiger charge is -2.15. The van der Waals surface area contributed by atoms with Crippen molar-refractivity contribution in [2.24, 2.45) is 0 Å². The predicted octanol–water partition coefficient (Wildman–Crippen LogP) is 2.66. The Labute approximate surface area is 205 Å². The second kappa shape index (κ2) is 9.74. The molecule has 0 atom stereocenters. The Bertz CT molecular complexity index is 1480. The summed E-state index contributed by atoms with van der Waals surface area (Å²) >= 11 is 6.40. The van der Waals surface area contributed by atoms with Crippen LogP contribution in [-0.4, -0.2) is 48.8 Å². The fourth-order valence-electron chi connectivity index (χ4n) is 3.53. The molecule has 2 aromatic carbocycles. The minimum absolute atomic E-state index is 0.172. The van der Waals surface area contributed by atoms with Gasteiger partial charge in [-0.2, -0.15) is 10.4 Å². The van der Waals surface area contributed by atoms with E-state index < -0.39 is 11.8 Å². The van der Waals surface area contributed by atoms with Crippen LogP contribution in [0.25, 0.3) is 5.69 Å². The Kier molecular flexibility index (Phi) is 6.57. The molecule has 0 unspecified atom stereocenters. The van der Waals surface area contributed by atoms with Crippen LogP contribution in [0.3, 0.4) is 0 Å². The van der Waals surface area contributed by atoms with E-state index in [1.165, 1.54) is 17.8 Å². The van der Waals surface area contributed by atoms with Crippen LogP contribution in [0.5, 0.6) is 0 Å². The molecule has 2 N–H and O–H groups in total. The summed E-state index contributed by atoms with van der Waals surface area (Å²) in [5.41, 5.74) is 2.54. The molecule has 4 rings (SSSR count). The zero-order chi connectivity index (χ0) is 25.1. The van der Waals surface area contributed by atoms with E-state index in [9.17, 15) is 14.9 Å². The van der Waals surface area contributed by atoms with Gasteiger partial charge in [0.25, 0.3) is 11.8 Å². The summed E-state index contributed by atoms with van der Waals surface area (Å²) in [6, 6.07) is 13.6. The van der Waals surface area contributed by atoms with E-state index >= 15 is 0 Å². The molecule has 0 saturated carbocycles. The van der Waals surface area contributed by atoms with E-state index in [-0.39, 0.29) is 23.5 Å². The second-order valence-electron chi connectivity index (χ2n) is 7.63. The minimum Gasteiger partial charge on any atom is -0.355 e. The van der Waals surface area contributed by atoms with E-state index in [1.54, 1.807) is 54.9 Å². The van der Waals surface area contributed by atoms with Gasteiger partial charge in [-0.3, -0.25) is 9.59 Å². The van der Waals surface area contributed by atoms with Crippen molar-refractivity contribution in [3.8, 4) is 11.8 Å². The molecular formula is C23H20ClN9O2. The Hall–Kier alpha value is -4.56. The Morgan fingerprint density at radius 3 is 2.57 bits per heavy atom. The lowest BCUT2D eigenvalue weighted by molar-refractivity contribution is 0.0964. The second-order valence-corrected chi connectivity index (χ2v) is 8.04. The van der Waals surface area contributed by atoms with Gasteiger partial charge < -0.3 is 10.6 Å². The number of para-hydroxylation sites is 1. The smallest absolute Gasteiger partial charge is 0.274 e. The van der Waals surface area contributed by atoms with Gasteiger partial charge in [-0.05, 0) is 60.2 Å². The number of anilines is 1. The van der Waals surface area contributed by atoms with E-state index in [4.69, 9.17) is 11.6 Å². The highest BCUT2D eigenvalue weighted by Gasteiger charge is 2.22. The van der Waals surface area contributed by atoms with Crippen molar-refractivity contribution < 1.29 is 9.59 Å². The first kappa shape index (κ1) is 23.6. The van der Waals surface area contributed by atoms with E-state index in [1.807, 2.05) is 6.07 Å². The molecule has 2 heterocycles. The van der Waals surface area contributed by atoms with E-state index in [0.29, 0.717) is 33.4 Å². The molecule has 0 fully saturated rings. The van der Waals surface area contributed by atoms with Gasteiger partial charge in [0.05, 0.1) is 45.8 Å². The standard InChI is InChI=1S/C23H20ClN9O2/c1-13-8-15(11-25)9-17(22(34)26-3)21(13)27-23(35)20-10-16(12-32-14(2)28-30-31-32)29-33(20)19-7-5-4-6-18(19)24/h4-10H,12H2,1-3H3,(H,26,34)(H,27,35). The van der Waals surface area contributed by atoms with Gasteiger partial charge in [-0.25, -0.2) is 9.36 Å². The molecule has 0 spiro atoms. The Balaban J connectivity index is 1.79. The molecule has 176 valence electrons. The van der Waals surface area contributed by atoms with Crippen LogP contribution in [-0.2, 0) is 6.54 Å². The summed E-state index contributed by atoms with van der Waals surface area (Å²) in [5.74, 6) is -0.364. The molecule has 35 heavy (non-hydrogen) atoms. The lowest BCUT2D eigenvalue weighted by Crippen LogP contribution is -2.23. The van der Waals surface area contributed by atoms with Crippen LogP contribution in [0.4, 0.5) is 5.69 Å². The maximum atomic E-state index is 13.5. The molecular weight excluding hydrogens is 470 g/mol. The number of benzene rings is 2. The largest absolute Gasteiger partial charge is 0.355 e. The van der Waals surface area contributed by atoms with Gasteiger partial charge in [0, 0.05) is 7.05 Å². The van der Waals surface area contributed by atoms with Gasteiger partial charge >= 0.3 is 0 Å². The van der Waals surface area contributed by atoms with Crippen molar-refractivity contribution in [3.63, 3.8) is 0 Å². The van der Waals surface area contributed by atoms with Gasteiger partial charge in [0.2, 0.25) is 0 Å². The number of amides is 2. The zero-order valence-electron chi connectivity index (χ0n) is 19.1. The summed E-state index contributed by atoms with van der Waals surface area (Å²) in [7, 11) is 1.47. The van der Waals surface area contributed by atoms with Crippen LogP contribution in [0.2, 0.25) is 5.02 Å². The number of halogens is 1. The number of aryl methyl sites for hydroxylation is 2. The van der Waals surface area contributed by atoms with Crippen LogP contribution in [0, 0.1) is 25.2 Å². The van der Waals surface area contributed by atoms with Crippen LogP contribution in [0.15, 0.2) is 42.5 Å². The number of tetrazole rings is 1. The SMILES string of the molecule is CNC(=O)c1cc(C#N)cc(C)c1NC(=O)c1cc(Cn2nnnc2C)nn1-c1ccccc1Cl. The molecule has 0 bridgehead atoms. The average Bonchev–Trinajstić information content (AvgIpc) is 3.46. The topological polar surface area (TPSA) is 143 Å². The van der Waals surface area contributed by atoms with Gasteiger partial charge in [-0.15, -0.1) is 5.10 Å². The van der Waals surface area contributed by atoms with Gasteiger partial charge in [-0.1, -0.05) is 23.7 Å². The first-order chi connectivity index (χ1) is 16.8. The third kappa shape index (κ3) is 4.73. The van der Waals surface area contributed by atoms with Gasteiger partial charge in [0.1, 0.15) is 11.5 Å².